The molecule has 0 aromatic heterocycles. The Hall–Kier alpha value is -2.53. The van der Waals surface area contributed by atoms with E-state index in [2.05, 4.69) is 0 Å². The van der Waals surface area contributed by atoms with E-state index in [1.165, 1.54) is 18.2 Å². The zero-order valence-corrected chi connectivity index (χ0v) is 13.1. The molecule has 0 radical (unpaired) electrons. The van der Waals surface area contributed by atoms with Crippen LogP contribution in [0, 0.1) is 0 Å². The van der Waals surface area contributed by atoms with E-state index in [4.69, 9.17) is 9.47 Å². The fourth-order valence-corrected chi connectivity index (χ4v) is 2.08. The van der Waals surface area contributed by atoms with Gasteiger partial charge in [0.25, 0.3) is 0 Å². The second-order valence-electron chi connectivity index (χ2n) is 5.40. The van der Waals surface area contributed by atoms with E-state index in [1.54, 1.807) is 13.8 Å². The van der Waals surface area contributed by atoms with Crippen molar-refractivity contribution < 1.29 is 24.5 Å². The van der Waals surface area contributed by atoms with Gasteiger partial charge >= 0.3 is 5.97 Å². The van der Waals surface area contributed by atoms with E-state index < -0.39 is 12.1 Å². The highest BCUT2D eigenvalue weighted by Gasteiger charge is 2.27. The topological polar surface area (TPSA) is 76.0 Å². The van der Waals surface area contributed by atoms with Crippen LogP contribution in [0.3, 0.4) is 0 Å². The Morgan fingerprint density at radius 1 is 1.09 bits per heavy atom. The minimum absolute atomic E-state index is 0.0639. The van der Waals surface area contributed by atoms with E-state index in [0.29, 0.717) is 0 Å². The molecule has 0 saturated carbocycles. The highest BCUT2D eigenvalue weighted by molar-refractivity contribution is 5.78. The van der Waals surface area contributed by atoms with Crippen molar-refractivity contribution in [1.29, 1.82) is 0 Å². The summed E-state index contributed by atoms with van der Waals surface area (Å²) in [5.74, 6) is -0.820. The predicted octanol–water partition coefficient (Wildman–Crippen LogP) is 3.31. The summed E-state index contributed by atoms with van der Waals surface area (Å²) in [4.78, 5) is 12.4. The molecule has 2 rings (SSSR count). The van der Waals surface area contributed by atoms with Crippen LogP contribution in [0.5, 0.6) is 11.5 Å². The van der Waals surface area contributed by atoms with Crippen molar-refractivity contribution in [3.8, 4) is 11.5 Å². The first kappa shape index (κ1) is 16.8. The molecule has 5 nitrogen and oxygen atoms in total. The summed E-state index contributed by atoms with van der Waals surface area (Å²) in [6, 6.07) is 13.2. The van der Waals surface area contributed by atoms with E-state index in [9.17, 15) is 15.0 Å². The molecule has 0 fully saturated rings. The van der Waals surface area contributed by atoms with Crippen LogP contribution in [0.1, 0.15) is 31.1 Å². The van der Waals surface area contributed by atoms with Gasteiger partial charge in [0, 0.05) is 5.56 Å². The molecule has 0 bridgehead atoms. The zero-order valence-electron chi connectivity index (χ0n) is 13.1. The van der Waals surface area contributed by atoms with Crippen LogP contribution in [0.2, 0.25) is 0 Å². The van der Waals surface area contributed by atoms with Crippen molar-refractivity contribution in [2.45, 2.75) is 32.7 Å². The Balaban J connectivity index is 2.17. The number of benzene rings is 2. The Morgan fingerprint density at radius 2 is 1.78 bits per heavy atom. The number of esters is 1. The molecule has 0 aliphatic heterocycles. The lowest BCUT2D eigenvalue weighted by Crippen LogP contribution is -2.22. The molecule has 2 aromatic carbocycles. The van der Waals surface area contributed by atoms with Crippen molar-refractivity contribution in [2.24, 2.45) is 0 Å². The lowest BCUT2D eigenvalue weighted by atomic mass is 10.1. The Labute approximate surface area is 135 Å². The molecule has 0 heterocycles. The molecular formula is C18H20O5. The first-order valence-corrected chi connectivity index (χ1v) is 7.35. The number of phenols is 2. The van der Waals surface area contributed by atoms with Crippen LogP contribution in [0.25, 0.3) is 0 Å². The van der Waals surface area contributed by atoms with Gasteiger partial charge in [-0.2, -0.15) is 0 Å². The Bertz CT molecular complexity index is 652. The van der Waals surface area contributed by atoms with Crippen molar-refractivity contribution in [3.63, 3.8) is 0 Å². The van der Waals surface area contributed by atoms with Crippen LogP contribution in [0.15, 0.2) is 48.5 Å². The van der Waals surface area contributed by atoms with Gasteiger partial charge in [-0.3, -0.25) is 0 Å². The molecule has 122 valence electrons. The van der Waals surface area contributed by atoms with Gasteiger partial charge in [0.2, 0.25) is 0 Å². The average molecular weight is 316 g/mol. The first-order valence-electron chi connectivity index (χ1n) is 7.35. The van der Waals surface area contributed by atoms with E-state index in [0.717, 1.165) is 5.56 Å². The molecule has 0 saturated heterocycles. The lowest BCUT2D eigenvalue weighted by molar-refractivity contribution is -0.162. The van der Waals surface area contributed by atoms with Crippen LogP contribution >= 0.6 is 0 Å². The number of hydrogen-bond donors (Lipinski definition) is 2. The highest BCUT2D eigenvalue weighted by atomic mass is 16.6. The molecule has 0 spiro atoms. The number of carbonyl (C=O) groups excluding carboxylic acids is 1. The minimum atomic E-state index is -1.11. The third-order valence-corrected chi connectivity index (χ3v) is 3.14. The molecule has 0 amide bonds. The minimum Gasteiger partial charge on any atom is -0.508 e. The van der Waals surface area contributed by atoms with Gasteiger partial charge in [0.05, 0.1) is 6.10 Å². The molecule has 0 aliphatic carbocycles. The summed E-state index contributed by atoms with van der Waals surface area (Å²) in [5.41, 5.74) is 1.03. The van der Waals surface area contributed by atoms with Crippen LogP contribution in [-0.2, 0) is 20.9 Å². The van der Waals surface area contributed by atoms with Crippen LogP contribution in [-0.4, -0.2) is 22.3 Å². The smallest absolute Gasteiger partial charge is 0.340 e. The normalized spacial score (nSPS) is 12.1. The molecular weight excluding hydrogens is 296 g/mol. The lowest BCUT2D eigenvalue weighted by Gasteiger charge is -2.20. The average Bonchev–Trinajstić information content (AvgIpc) is 2.53. The van der Waals surface area contributed by atoms with Gasteiger partial charge in [0.15, 0.2) is 6.10 Å². The summed E-state index contributed by atoms with van der Waals surface area (Å²) >= 11 is 0. The fraction of sp³-hybridized carbons (Fsp3) is 0.278. The van der Waals surface area contributed by atoms with E-state index >= 15 is 0 Å². The zero-order chi connectivity index (χ0) is 16.8. The van der Waals surface area contributed by atoms with E-state index in [1.807, 2.05) is 30.3 Å². The number of hydrogen-bond acceptors (Lipinski definition) is 5. The van der Waals surface area contributed by atoms with Gasteiger partial charge in [-0.05, 0) is 37.6 Å². The maximum absolute atomic E-state index is 12.4. The SMILES string of the molecule is CC(C)OC(C(=O)OCc1ccccc1)c1cc(O)ccc1O. The third kappa shape index (κ3) is 4.72. The molecule has 0 aliphatic rings. The van der Waals surface area contributed by atoms with Gasteiger partial charge < -0.3 is 19.7 Å². The van der Waals surface area contributed by atoms with Crippen molar-refractivity contribution in [3.05, 3.63) is 59.7 Å². The summed E-state index contributed by atoms with van der Waals surface area (Å²) in [6.07, 6.45) is -1.36. The monoisotopic (exact) mass is 316 g/mol. The fourth-order valence-electron chi connectivity index (χ4n) is 2.08. The number of aromatic hydroxyl groups is 2. The second kappa shape index (κ2) is 7.65. The first-order chi connectivity index (χ1) is 11.0. The van der Waals surface area contributed by atoms with E-state index in [-0.39, 0.29) is 29.8 Å². The third-order valence-electron chi connectivity index (χ3n) is 3.14. The summed E-state index contributed by atoms with van der Waals surface area (Å²) in [7, 11) is 0. The van der Waals surface area contributed by atoms with Crippen molar-refractivity contribution in [2.75, 3.05) is 0 Å². The molecule has 5 heteroatoms. The van der Waals surface area contributed by atoms with Gasteiger partial charge in [-0.25, -0.2) is 4.79 Å². The number of ether oxygens (including phenoxy) is 2. The van der Waals surface area contributed by atoms with Crippen LogP contribution < -0.4 is 0 Å². The highest BCUT2D eigenvalue weighted by Crippen LogP contribution is 2.32. The molecule has 1 atom stereocenters. The second-order valence-corrected chi connectivity index (χ2v) is 5.40. The molecule has 2 aromatic rings. The number of phenolic OH excluding ortho intramolecular Hbond substituents is 2. The number of carbonyl (C=O) groups is 1. The van der Waals surface area contributed by atoms with Gasteiger partial charge in [0.1, 0.15) is 18.1 Å². The van der Waals surface area contributed by atoms with Crippen LogP contribution in [0.4, 0.5) is 0 Å². The summed E-state index contributed by atoms with van der Waals surface area (Å²) in [6.45, 7) is 3.66. The Morgan fingerprint density at radius 3 is 2.43 bits per heavy atom. The predicted molar refractivity (Wildman–Crippen MR) is 85.0 cm³/mol. The summed E-state index contributed by atoms with van der Waals surface area (Å²) in [5, 5.41) is 19.5. The maximum atomic E-state index is 12.4. The molecule has 2 N–H and O–H groups in total. The quantitative estimate of drug-likeness (QED) is 0.631. The maximum Gasteiger partial charge on any atom is 0.340 e. The molecule has 1 unspecified atom stereocenters. The standard InChI is InChI=1S/C18H20O5/c1-12(2)23-17(15-10-14(19)8-9-16(15)20)18(21)22-11-13-6-4-3-5-7-13/h3-10,12,17,19-20H,11H2,1-2H3. The molecule has 23 heavy (non-hydrogen) atoms. The van der Waals surface area contributed by atoms with Crippen molar-refractivity contribution in [1.82, 2.24) is 0 Å². The summed E-state index contributed by atoms with van der Waals surface area (Å²) < 4.78 is 10.9. The largest absolute Gasteiger partial charge is 0.508 e. The Kier molecular flexibility index (Phi) is 5.60. The van der Waals surface area contributed by atoms with Gasteiger partial charge in [-0.15, -0.1) is 0 Å². The number of rotatable bonds is 6. The van der Waals surface area contributed by atoms with Gasteiger partial charge in [-0.1, -0.05) is 30.3 Å². The van der Waals surface area contributed by atoms with Crippen molar-refractivity contribution >= 4 is 5.97 Å².